The SMILES string of the molecule is Cc1cn([C@H]2C[C@H](O)[C@@H](COP(=O)(O)OP(=O)(O)O)O2)c(=O)[nH]c1=O.O=C[C@@H](O)[C@@H](O)[C@H](O)[C@H](O)CO. The lowest BCUT2D eigenvalue weighted by Gasteiger charge is -2.22. The first-order chi connectivity index (χ1) is 16.9. The Labute approximate surface area is 207 Å². The van der Waals surface area contributed by atoms with Crippen LogP contribution in [0, 0.1) is 6.92 Å². The number of aromatic nitrogens is 2. The summed E-state index contributed by atoms with van der Waals surface area (Å²) >= 11 is 0. The molecule has 1 aromatic rings. The molecule has 1 saturated heterocycles. The number of aryl methyl sites for hydroxylation is 1. The molecule has 1 aromatic heterocycles. The Hall–Kier alpha value is -1.67. The topological polar surface area (TPSA) is 316 Å². The van der Waals surface area contributed by atoms with Crippen LogP contribution in [-0.2, 0) is 27.5 Å². The van der Waals surface area contributed by atoms with Crippen LogP contribution in [0.4, 0.5) is 0 Å². The molecule has 37 heavy (non-hydrogen) atoms. The lowest BCUT2D eigenvalue weighted by Crippen LogP contribution is -2.46. The molecule has 8 atom stereocenters. The van der Waals surface area contributed by atoms with E-state index >= 15 is 0 Å². The van der Waals surface area contributed by atoms with Gasteiger partial charge in [0, 0.05) is 18.2 Å². The monoisotopic (exact) mass is 582 g/mol. The Morgan fingerprint density at radius 2 is 1.78 bits per heavy atom. The summed E-state index contributed by atoms with van der Waals surface area (Å²) in [5.41, 5.74) is -1.12. The van der Waals surface area contributed by atoms with E-state index in [4.69, 9.17) is 40.1 Å². The molecule has 2 heterocycles. The van der Waals surface area contributed by atoms with Crippen molar-refractivity contribution in [3.63, 3.8) is 0 Å². The Morgan fingerprint density at radius 3 is 2.30 bits per heavy atom. The van der Waals surface area contributed by atoms with Gasteiger partial charge in [-0.05, 0) is 6.92 Å². The van der Waals surface area contributed by atoms with E-state index in [2.05, 4.69) is 13.8 Å². The third kappa shape index (κ3) is 10.5. The van der Waals surface area contributed by atoms with Crippen molar-refractivity contribution in [1.29, 1.82) is 0 Å². The van der Waals surface area contributed by atoms with Gasteiger partial charge in [0.05, 0.1) is 19.3 Å². The molecular weight excluding hydrogens is 554 g/mol. The minimum Gasteiger partial charge on any atom is -0.394 e. The number of H-pyrrole nitrogens is 1. The Balaban J connectivity index is 0.000000482. The molecule has 1 aliphatic heterocycles. The Morgan fingerprint density at radius 1 is 1.19 bits per heavy atom. The molecule has 0 aliphatic carbocycles. The van der Waals surface area contributed by atoms with E-state index in [0.29, 0.717) is 0 Å². The molecule has 0 saturated carbocycles. The van der Waals surface area contributed by atoms with E-state index in [1.807, 2.05) is 0 Å². The van der Waals surface area contributed by atoms with Gasteiger partial charge in [-0.3, -0.25) is 18.9 Å². The third-order valence-electron chi connectivity index (χ3n) is 4.69. The van der Waals surface area contributed by atoms with Crippen molar-refractivity contribution in [3.8, 4) is 0 Å². The maximum Gasteiger partial charge on any atom is 0.481 e. The van der Waals surface area contributed by atoms with Gasteiger partial charge in [0.15, 0.2) is 6.29 Å². The van der Waals surface area contributed by atoms with E-state index in [1.54, 1.807) is 0 Å². The van der Waals surface area contributed by atoms with Crippen LogP contribution in [0.5, 0.6) is 0 Å². The number of aldehydes is 1. The molecular formula is C16H28N2O17P2. The Kier molecular flexibility index (Phi) is 12.6. The fraction of sp³-hybridized carbons (Fsp3) is 0.688. The van der Waals surface area contributed by atoms with Gasteiger partial charge in [-0.1, -0.05) is 0 Å². The fourth-order valence-corrected chi connectivity index (χ4v) is 4.38. The molecule has 0 amide bonds. The zero-order valence-electron chi connectivity index (χ0n) is 19.0. The average molecular weight is 582 g/mol. The van der Waals surface area contributed by atoms with Crippen LogP contribution in [0.3, 0.4) is 0 Å². The number of ether oxygens (including phenoxy) is 1. The van der Waals surface area contributed by atoms with Crippen LogP contribution in [0.1, 0.15) is 18.2 Å². The first kappa shape index (κ1) is 33.4. The quantitative estimate of drug-likeness (QED) is 0.0865. The summed E-state index contributed by atoms with van der Waals surface area (Å²) in [7, 11) is -10.3. The van der Waals surface area contributed by atoms with E-state index in [9.17, 15) is 33.5 Å². The van der Waals surface area contributed by atoms with Gasteiger partial charge in [-0.25, -0.2) is 13.9 Å². The zero-order valence-corrected chi connectivity index (χ0v) is 20.7. The number of nitrogens with one attached hydrogen (secondary N) is 1. The number of nitrogens with zero attached hydrogens (tertiary/aromatic N) is 1. The molecule has 0 radical (unpaired) electrons. The number of aliphatic hydroxyl groups excluding tert-OH is 6. The molecule has 1 unspecified atom stereocenters. The summed E-state index contributed by atoms with van der Waals surface area (Å²) < 4.78 is 36.3. The third-order valence-corrected chi connectivity index (χ3v) is 6.84. The van der Waals surface area contributed by atoms with Gasteiger partial charge in [0.1, 0.15) is 36.7 Å². The van der Waals surface area contributed by atoms with Crippen molar-refractivity contribution < 1.29 is 72.8 Å². The molecule has 0 bridgehead atoms. The molecule has 1 fully saturated rings. The highest BCUT2D eigenvalue weighted by Gasteiger charge is 2.39. The lowest BCUT2D eigenvalue weighted by molar-refractivity contribution is -0.136. The molecule has 0 spiro atoms. The molecule has 2 rings (SSSR count). The van der Waals surface area contributed by atoms with E-state index in [1.165, 1.54) is 13.1 Å². The van der Waals surface area contributed by atoms with Crippen LogP contribution in [0.15, 0.2) is 15.8 Å². The van der Waals surface area contributed by atoms with Gasteiger partial charge >= 0.3 is 21.3 Å². The smallest absolute Gasteiger partial charge is 0.394 e. The maximum absolute atomic E-state index is 11.8. The van der Waals surface area contributed by atoms with Crippen molar-refractivity contribution in [2.75, 3.05) is 13.2 Å². The second-order valence-electron chi connectivity index (χ2n) is 7.61. The summed E-state index contributed by atoms with van der Waals surface area (Å²) in [6, 6.07) is 0. The number of phosphoric ester groups is 1. The predicted octanol–water partition coefficient (Wildman–Crippen LogP) is -4.66. The molecule has 10 N–H and O–H groups in total. The standard InChI is InChI=1S/C10H16N2O11P2.C6H12O6/c1-5-3-12(10(15)11-9(5)14)8-2-6(13)7(22-8)4-21-25(19,20)23-24(16,17)18;7-1-3(9)5(11)6(12)4(10)2-8/h3,6-8,13H,2,4H2,1H3,(H,19,20)(H,11,14,15)(H2,16,17,18);1,3-6,8-12H,2H2/t6-,7+,8+;3-,4-,5-,6-/m01/s1. The second kappa shape index (κ2) is 13.9. The molecule has 0 aromatic carbocycles. The number of phosphoric acid groups is 2. The highest BCUT2D eigenvalue weighted by Crippen LogP contribution is 2.57. The number of carbonyl (C=O) groups excluding carboxylic acids is 1. The van der Waals surface area contributed by atoms with E-state index in [-0.39, 0.29) is 18.3 Å². The average Bonchev–Trinajstić information content (AvgIpc) is 3.17. The summed E-state index contributed by atoms with van der Waals surface area (Å²) in [6.45, 7) is -0.0332. The number of aromatic amines is 1. The largest absolute Gasteiger partial charge is 0.481 e. The second-order valence-corrected chi connectivity index (χ2v) is 10.4. The number of rotatable bonds is 11. The van der Waals surface area contributed by atoms with Crippen molar-refractivity contribution in [2.24, 2.45) is 0 Å². The minimum atomic E-state index is -5.26. The minimum absolute atomic E-state index is 0.0258. The van der Waals surface area contributed by atoms with Gasteiger partial charge in [-0.2, -0.15) is 4.31 Å². The van der Waals surface area contributed by atoms with Gasteiger partial charge in [-0.15, -0.1) is 0 Å². The summed E-state index contributed by atoms with van der Waals surface area (Å²) in [5, 5.41) is 53.4. The molecule has 19 nitrogen and oxygen atoms in total. The van der Waals surface area contributed by atoms with Gasteiger partial charge in [0.2, 0.25) is 0 Å². The molecule has 214 valence electrons. The van der Waals surface area contributed by atoms with Crippen molar-refractivity contribution in [3.05, 3.63) is 32.6 Å². The van der Waals surface area contributed by atoms with Crippen molar-refractivity contribution in [1.82, 2.24) is 9.55 Å². The first-order valence-corrected chi connectivity index (χ1v) is 13.1. The molecule has 21 heteroatoms. The van der Waals surface area contributed by atoms with Gasteiger partial charge in [0.25, 0.3) is 5.56 Å². The van der Waals surface area contributed by atoms with Crippen LogP contribution in [0.2, 0.25) is 0 Å². The highest BCUT2D eigenvalue weighted by atomic mass is 31.3. The number of hydrogen-bond donors (Lipinski definition) is 10. The van der Waals surface area contributed by atoms with E-state index in [0.717, 1.165) is 4.57 Å². The summed E-state index contributed by atoms with van der Waals surface area (Å²) in [6.07, 6.45) is -9.06. The van der Waals surface area contributed by atoms with Crippen LogP contribution < -0.4 is 11.2 Å². The maximum atomic E-state index is 11.8. The number of carbonyl (C=O) groups is 1. The first-order valence-electron chi connectivity index (χ1n) is 10.1. The van der Waals surface area contributed by atoms with Crippen LogP contribution >= 0.6 is 15.6 Å². The molecule has 1 aliphatic rings. The zero-order chi connectivity index (χ0) is 28.7. The van der Waals surface area contributed by atoms with Gasteiger partial charge < -0.3 is 54.9 Å². The van der Waals surface area contributed by atoms with Crippen LogP contribution in [0.25, 0.3) is 0 Å². The lowest BCUT2D eigenvalue weighted by atomic mass is 10.0. The fourth-order valence-electron chi connectivity index (χ4n) is 2.78. The highest BCUT2D eigenvalue weighted by molar-refractivity contribution is 7.60. The number of hydrogen-bond acceptors (Lipinski definition) is 14. The normalized spacial score (nSPS) is 24.8. The van der Waals surface area contributed by atoms with E-state index < -0.39 is 83.0 Å². The number of aliphatic hydroxyl groups is 6. The Bertz CT molecular complexity index is 1100. The van der Waals surface area contributed by atoms with Crippen molar-refractivity contribution >= 4 is 21.9 Å². The van der Waals surface area contributed by atoms with Crippen molar-refractivity contribution in [2.45, 2.75) is 56.2 Å². The summed E-state index contributed by atoms with van der Waals surface area (Å²) in [5.74, 6) is 0. The summed E-state index contributed by atoms with van der Waals surface area (Å²) in [4.78, 5) is 61.3. The van der Waals surface area contributed by atoms with Crippen LogP contribution in [-0.4, -0.2) is 111 Å². The predicted molar refractivity (Wildman–Crippen MR) is 117 cm³/mol.